The Balaban J connectivity index is 1.14. The van der Waals surface area contributed by atoms with E-state index >= 15 is 0 Å². The number of hydrogen-bond donors (Lipinski definition) is 2. The van der Waals surface area contributed by atoms with Gasteiger partial charge in [0, 0.05) is 37.0 Å². The van der Waals surface area contributed by atoms with Gasteiger partial charge in [-0.1, -0.05) is 19.8 Å². The van der Waals surface area contributed by atoms with Crippen LogP contribution >= 0.6 is 0 Å². The lowest BCUT2D eigenvalue weighted by atomic mass is 9.72. The number of hydrogen-bond acceptors (Lipinski definition) is 3. The van der Waals surface area contributed by atoms with Gasteiger partial charge in [-0.15, -0.1) is 0 Å². The Kier molecular flexibility index (Phi) is 5.80. The first-order chi connectivity index (χ1) is 14.5. The van der Waals surface area contributed by atoms with E-state index in [9.17, 15) is 14.0 Å². The van der Waals surface area contributed by atoms with E-state index in [1.54, 1.807) is 0 Å². The van der Waals surface area contributed by atoms with Gasteiger partial charge >= 0.3 is 0 Å². The summed E-state index contributed by atoms with van der Waals surface area (Å²) in [5.74, 6) is 2.25. The van der Waals surface area contributed by atoms with Crippen LogP contribution in [0.5, 0.6) is 0 Å². The number of halogens is 1. The van der Waals surface area contributed by atoms with E-state index in [4.69, 9.17) is 0 Å². The maximum Gasteiger partial charge on any atom is 0.237 e. The molecule has 0 aromatic heterocycles. The van der Waals surface area contributed by atoms with Crippen LogP contribution in [0.1, 0.15) is 77.6 Å². The van der Waals surface area contributed by atoms with E-state index in [0.29, 0.717) is 42.5 Å². The van der Waals surface area contributed by atoms with Crippen LogP contribution in [0.4, 0.5) is 4.39 Å². The summed E-state index contributed by atoms with van der Waals surface area (Å²) in [5, 5.41) is 6.81. The molecule has 0 aromatic rings. The van der Waals surface area contributed by atoms with E-state index in [1.165, 1.54) is 12.8 Å². The highest BCUT2D eigenvalue weighted by Gasteiger charge is 2.47. The minimum Gasteiger partial charge on any atom is -0.352 e. The highest BCUT2D eigenvalue weighted by molar-refractivity contribution is 5.82. The number of rotatable bonds is 3. The van der Waals surface area contributed by atoms with Gasteiger partial charge in [-0.2, -0.15) is 0 Å². The van der Waals surface area contributed by atoms with E-state index in [2.05, 4.69) is 22.5 Å². The van der Waals surface area contributed by atoms with Crippen LogP contribution in [0.15, 0.2) is 0 Å². The first-order valence-electron chi connectivity index (χ1n) is 12.5. The van der Waals surface area contributed by atoms with E-state index < -0.39 is 6.17 Å². The summed E-state index contributed by atoms with van der Waals surface area (Å²) >= 11 is 0. The Bertz CT molecular complexity index is 655. The molecule has 5 nitrogen and oxygen atoms in total. The van der Waals surface area contributed by atoms with Crippen molar-refractivity contribution in [2.45, 2.75) is 108 Å². The summed E-state index contributed by atoms with van der Waals surface area (Å²) in [7, 11) is 0. The third-order valence-corrected chi connectivity index (χ3v) is 9.15. The van der Waals surface area contributed by atoms with Crippen molar-refractivity contribution < 1.29 is 14.0 Å². The van der Waals surface area contributed by atoms with Gasteiger partial charge in [0.15, 0.2) is 0 Å². The Morgan fingerprint density at radius 1 is 1.07 bits per heavy atom. The van der Waals surface area contributed by atoms with E-state index in [1.807, 2.05) is 0 Å². The fourth-order valence-corrected chi connectivity index (χ4v) is 7.43. The third kappa shape index (κ3) is 3.89. The van der Waals surface area contributed by atoms with Gasteiger partial charge in [-0.25, -0.2) is 4.39 Å². The number of amides is 2. The maximum atomic E-state index is 14.4. The van der Waals surface area contributed by atoms with Gasteiger partial charge in [0.2, 0.25) is 11.8 Å². The molecule has 0 aromatic carbocycles. The fourth-order valence-electron chi connectivity index (χ4n) is 7.43. The van der Waals surface area contributed by atoms with Gasteiger partial charge in [0.25, 0.3) is 0 Å². The van der Waals surface area contributed by atoms with E-state index in [0.717, 1.165) is 51.5 Å². The average molecular weight is 420 g/mol. The second-order valence-corrected chi connectivity index (χ2v) is 10.9. The number of fused-ring (bicyclic) bond motifs is 2. The largest absolute Gasteiger partial charge is 0.352 e. The van der Waals surface area contributed by atoms with Crippen molar-refractivity contribution in [2.75, 3.05) is 6.54 Å². The molecule has 3 heterocycles. The predicted molar refractivity (Wildman–Crippen MR) is 113 cm³/mol. The molecule has 5 fully saturated rings. The molecule has 0 spiro atoms. The Labute approximate surface area is 179 Å². The molecule has 9 atom stereocenters. The van der Waals surface area contributed by atoms with Crippen molar-refractivity contribution in [2.24, 2.45) is 23.7 Å². The monoisotopic (exact) mass is 419 g/mol. The second kappa shape index (κ2) is 8.40. The van der Waals surface area contributed by atoms with Crippen LogP contribution in [0.2, 0.25) is 0 Å². The molecule has 2 amide bonds. The molecule has 7 unspecified atom stereocenters. The third-order valence-electron chi connectivity index (χ3n) is 9.15. The number of carbonyl (C=O) groups excluding carboxylic acids is 2. The smallest absolute Gasteiger partial charge is 0.237 e. The van der Waals surface area contributed by atoms with Crippen molar-refractivity contribution in [3.05, 3.63) is 0 Å². The number of nitrogens with zero attached hydrogens (tertiary/aromatic N) is 1. The minimum atomic E-state index is -0.760. The summed E-state index contributed by atoms with van der Waals surface area (Å²) in [6, 6.07) is 0.644. The molecule has 5 rings (SSSR count). The highest BCUT2D eigenvalue weighted by atomic mass is 19.1. The van der Waals surface area contributed by atoms with Gasteiger partial charge in [0.1, 0.15) is 6.17 Å². The normalized spacial score (nSPS) is 46.4. The Morgan fingerprint density at radius 2 is 1.90 bits per heavy atom. The predicted octanol–water partition coefficient (Wildman–Crippen LogP) is 3.18. The molecule has 3 aliphatic heterocycles. The molecule has 168 valence electrons. The van der Waals surface area contributed by atoms with Crippen LogP contribution in [0.3, 0.4) is 0 Å². The lowest BCUT2D eigenvalue weighted by molar-refractivity contribution is -0.130. The SMILES string of the molecule is CC1CCC(F)C2CC(C(=O)NC3CCCC([C@@H]4CCN5C(=O)CC[C@@H]5C4)C3)NC12. The topological polar surface area (TPSA) is 61.4 Å². The molecule has 3 saturated heterocycles. The molecule has 2 aliphatic carbocycles. The zero-order valence-electron chi connectivity index (χ0n) is 18.3. The molecular weight excluding hydrogens is 381 g/mol. The van der Waals surface area contributed by atoms with Crippen LogP contribution in [-0.2, 0) is 9.59 Å². The average Bonchev–Trinajstić information content (AvgIpc) is 3.36. The zero-order chi connectivity index (χ0) is 20.8. The van der Waals surface area contributed by atoms with Crippen molar-refractivity contribution in [1.29, 1.82) is 0 Å². The van der Waals surface area contributed by atoms with Crippen molar-refractivity contribution in [3.63, 3.8) is 0 Å². The van der Waals surface area contributed by atoms with Crippen molar-refractivity contribution in [3.8, 4) is 0 Å². The summed E-state index contributed by atoms with van der Waals surface area (Å²) in [6.07, 6.45) is 10.0. The number of piperidine rings is 1. The van der Waals surface area contributed by atoms with Crippen molar-refractivity contribution >= 4 is 11.8 Å². The van der Waals surface area contributed by atoms with Crippen LogP contribution < -0.4 is 10.6 Å². The van der Waals surface area contributed by atoms with Crippen LogP contribution in [0, 0.1) is 23.7 Å². The van der Waals surface area contributed by atoms with Gasteiger partial charge in [-0.3, -0.25) is 9.59 Å². The van der Waals surface area contributed by atoms with Gasteiger partial charge < -0.3 is 15.5 Å². The molecule has 0 radical (unpaired) electrons. The minimum absolute atomic E-state index is 0.00270. The standard InChI is InChI=1S/C24H38FN3O2/c1-14-5-7-20(25)19-13-21(27-23(14)19)24(30)26-17-4-2-3-15(11-17)16-9-10-28-18(12-16)6-8-22(28)29/h14-21,23,27H,2-13H2,1H3,(H,26,30)/t14?,15?,16-,17?,18-,19?,20?,21?,23?/m1/s1. The Morgan fingerprint density at radius 3 is 2.73 bits per heavy atom. The zero-order valence-corrected chi connectivity index (χ0v) is 18.3. The molecular formula is C24H38FN3O2. The summed E-state index contributed by atoms with van der Waals surface area (Å²) in [4.78, 5) is 27.1. The van der Waals surface area contributed by atoms with Crippen LogP contribution in [-0.4, -0.2) is 53.6 Å². The van der Waals surface area contributed by atoms with Gasteiger partial charge in [0.05, 0.1) is 6.04 Å². The molecule has 2 saturated carbocycles. The first kappa shape index (κ1) is 20.7. The molecule has 30 heavy (non-hydrogen) atoms. The lowest BCUT2D eigenvalue weighted by Gasteiger charge is -2.41. The molecule has 5 aliphatic rings. The quantitative estimate of drug-likeness (QED) is 0.739. The van der Waals surface area contributed by atoms with Crippen LogP contribution in [0.25, 0.3) is 0 Å². The van der Waals surface area contributed by atoms with Crippen molar-refractivity contribution in [1.82, 2.24) is 15.5 Å². The first-order valence-corrected chi connectivity index (χ1v) is 12.5. The number of carbonyl (C=O) groups is 2. The lowest BCUT2D eigenvalue weighted by Crippen LogP contribution is -2.50. The Hall–Kier alpha value is -1.17. The summed E-state index contributed by atoms with van der Waals surface area (Å²) in [5.41, 5.74) is 0. The summed E-state index contributed by atoms with van der Waals surface area (Å²) in [6.45, 7) is 3.12. The second-order valence-electron chi connectivity index (χ2n) is 10.9. The maximum absolute atomic E-state index is 14.4. The summed E-state index contributed by atoms with van der Waals surface area (Å²) < 4.78 is 14.4. The van der Waals surface area contributed by atoms with Gasteiger partial charge in [-0.05, 0) is 69.1 Å². The molecule has 2 N–H and O–H groups in total. The number of nitrogens with one attached hydrogen (secondary N) is 2. The fraction of sp³-hybridized carbons (Fsp3) is 0.917. The number of alkyl halides is 1. The van der Waals surface area contributed by atoms with E-state index in [-0.39, 0.29) is 30.0 Å². The molecule has 6 heteroatoms. The molecule has 0 bridgehead atoms. The highest BCUT2D eigenvalue weighted by Crippen LogP contribution is 2.41.